The number of aryl methyl sites for hydroxylation is 2. The number of hydrogen-bond acceptors (Lipinski definition) is 5. The zero-order chi connectivity index (χ0) is 20.9. The predicted molar refractivity (Wildman–Crippen MR) is 112 cm³/mol. The maximum atomic E-state index is 12.2. The number of benzene rings is 3. The van der Waals surface area contributed by atoms with Crippen molar-refractivity contribution in [2.45, 2.75) is 18.7 Å². The topological polar surface area (TPSA) is 84.8 Å². The first-order valence-electron chi connectivity index (χ1n) is 8.84. The van der Waals surface area contributed by atoms with Gasteiger partial charge in [0.05, 0.1) is 16.7 Å². The number of sulfonamides is 1. The van der Waals surface area contributed by atoms with Crippen LogP contribution in [0, 0.1) is 13.8 Å². The van der Waals surface area contributed by atoms with Crippen LogP contribution >= 0.6 is 0 Å². The maximum absolute atomic E-state index is 12.2. The van der Waals surface area contributed by atoms with Gasteiger partial charge in [-0.1, -0.05) is 35.4 Å². The Morgan fingerprint density at radius 3 is 2.28 bits per heavy atom. The summed E-state index contributed by atoms with van der Waals surface area (Å²) in [6.45, 7) is 3.78. The molecule has 0 saturated heterocycles. The summed E-state index contributed by atoms with van der Waals surface area (Å²) in [6.07, 6.45) is 1.37. The fourth-order valence-corrected chi connectivity index (χ4v) is 3.29. The van der Waals surface area contributed by atoms with E-state index in [0.29, 0.717) is 16.9 Å². The molecule has 0 heterocycles. The minimum absolute atomic E-state index is 0.138. The van der Waals surface area contributed by atoms with Gasteiger partial charge in [0.25, 0.3) is 10.0 Å². The molecule has 0 aliphatic heterocycles. The van der Waals surface area contributed by atoms with E-state index in [1.54, 1.807) is 54.6 Å². The molecule has 0 aliphatic carbocycles. The van der Waals surface area contributed by atoms with Gasteiger partial charge in [0.1, 0.15) is 5.75 Å². The summed E-state index contributed by atoms with van der Waals surface area (Å²) < 4.78 is 29.7. The summed E-state index contributed by atoms with van der Waals surface area (Å²) in [6, 6.07) is 20.2. The third-order valence-electron chi connectivity index (χ3n) is 4.06. The van der Waals surface area contributed by atoms with Crippen LogP contribution in [0.4, 0.5) is 0 Å². The molecular weight excluding hydrogens is 388 g/mol. The van der Waals surface area contributed by atoms with E-state index < -0.39 is 16.0 Å². The van der Waals surface area contributed by atoms with Crippen LogP contribution in [0.25, 0.3) is 0 Å². The van der Waals surface area contributed by atoms with Crippen molar-refractivity contribution in [2.75, 3.05) is 0 Å². The Labute approximate surface area is 169 Å². The number of hydrogen-bond donors (Lipinski definition) is 1. The molecule has 0 radical (unpaired) electrons. The second-order valence-corrected chi connectivity index (χ2v) is 8.15. The van der Waals surface area contributed by atoms with Crippen molar-refractivity contribution in [3.8, 4) is 5.75 Å². The molecular formula is C22H20N2O4S. The number of ether oxygens (including phenoxy) is 1. The van der Waals surface area contributed by atoms with E-state index >= 15 is 0 Å². The largest absolute Gasteiger partial charge is 0.423 e. The first-order chi connectivity index (χ1) is 13.8. The first-order valence-corrected chi connectivity index (χ1v) is 10.3. The SMILES string of the molecule is Cc1ccc(S(=O)(=O)N/N=C/c2ccc(OC(=O)c3cccc(C)c3)cc2)cc1. The van der Waals surface area contributed by atoms with E-state index in [9.17, 15) is 13.2 Å². The van der Waals surface area contributed by atoms with Gasteiger partial charge in [0.15, 0.2) is 0 Å². The average molecular weight is 408 g/mol. The standard InChI is InChI=1S/C22H20N2O4S/c1-16-6-12-21(13-7-16)29(26,27)24-23-15-18-8-10-20(11-9-18)28-22(25)19-5-3-4-17(2)14-19/h3-15,24H,1-2H3/b23-15+. The van der Waals surface area contributed by atoms with E-state index in [-0.39, 0.29) is 4.90 Å². The van der Waals surface area contributed by atoms with Gasteiger partial charge in [-0.05, 0) is 67.9 Å². The fourth-order valence-electron chi connectivity index (χ4n) is 2.50. The normalized spacial score (nSPS) is 11.4. The van der Waals surface area contributed by atoms with E-state index in [4.69, 9.17) is 4.74 Å². The first kappa shape index (κ1) is 20.3. The van der Waals surface area contributed by atoms with Gasteiger partial charge in [-0.15, -0.1) is 0 Å². The van der Waals surface area contributed by atoms with Crippen molar-refractivity contribution in [2.24, 2.45) is 5.10 Å². The molecule has 7 heteroatoms. The molecule has 3 aromatic carbocycles. The minimum atomic E-state index is -3.72. The molecule has 1 N–H and O–H groups in total. The molecule has 0 saturated carbocycles. The lowest BCUT2D eigenvalue weighted by atomic mass is 10.1. The fraction of sp³-hybridized carbons (Fsp3) is 0.0909. The number of esters is 1. The van der Waals surface area contributed by atoms with Crippen molar-refractivity contribution < 1.29 is 17.9 Å². The van der Waals surface area contributed by atoms with E-state index in [1.807, 2.05) is 19.9 Å². The van der Waals surface area contributed by atoms with Gasteiger partial charge in [-0.3, -0.25) is 0 Å². The molecule has 3 rings (SSSR count). The lowest BCUT2D eigenvalue weighted by Crippen LogP contribution is -2.18. The van der Waals surface area contributed by atoms with Gasteiger partial charge in [0.2, 0.25) is 0 Å². The Bertz CT molecular complexity index is 1140. The van der Waals surface area contributed by atoms with Crippen LogP contribution in [0.3, 0.4) is 0 Å². The van der Waals surface area contributed by atoms with Gasteiger partial charge < -0.3 is 4.74 Å². The van der Waals surface area contributed by atoms with Crippen LogP contribution in [0.2, 0.25) is 0 Å². The van der Waals surface area contributed by atoms with Crippen molar-refractivity contribution in [3.05, 3.63) is 95.1 Å². The number of carbonyl (C=O) groups is 1. The van der Waals surface area contributed by atoms with Crippen molar-refractivity contribution in [1.82, 2.24) is 4.83 Å². The maximum Gasteiger partial charge on any atom is 0.343 e. The number of hydrazone groups is 1. The van der Waals surface area contributed by atoms with Crippen molar-refractivity contribution in [3.63, 3.8) is 0 Å². The minimum Gasteiger partial charge on any atom is -0.423 e. The monoisotopic (exact) mass is 408 g/mol. The zero-order valence-corrected chi connectivity index (χ0v) is 16.8. The van der Waals surface area contributed by atoms with E-state index in [2.05, 4.69) is 9.93 Å². The van der Waals surface area contributed by atoms with Gasteiger partial charge in [-0.25, -0.2) is 9.63 Å². The summed E-state index contributed by atoms with van der Waals surface area (Å²) in [5.74, 6) is -0.0603. The van der Waals surface area contributed by atoms with Crippen LogP contribution in [0.5, 0.6) is 5.75 Å². The summed E-state index contributed by atoms with van der Waals surface area (Å²) >= 11 is 0. The zero-order valence-electron chi connectivity index (χ0n) is 16.0. The molecule has 0 spiro atoms. The molecule has 6 nitrogen and oxygen atoms in total. The Morgan fingerprint density at radius 2 is 1.62 bits per heavy atom. The molecule has 0 aliphatic rings. The molecule has 0 atom stereocenters. The highest BCUT2D eigenvalue weighted by molar-refractivity contribution is 7.89. The molecule has 0 aromatic heterocycles. The van der Waals surface area contributed by atoms with Gasteiger partial charge >= 0.3 is 5.97 Å². The Kier molecular flexibility index (Phi) is 6.09. The number of carbonyl (C=O) groups excluding carboxylic acids is 1. The van der Waals surface area contributed by atoms with Crippen LogP contribution in [-0.2, 0) is 10.0 Å². The highest BCUT2D eigenvalue weighted by Gasteiger charge is 2.12. The molecule has 148 valence electrons. The second kappa shape index (κ2) is 8.70. The van der Waals surface area contributed by atoms with Crippen LogP contribution in [-0.4, -0.2) is 20.6 Å². The summed E-state index contributed by atoms with van der Waals surface area (Å²) in [7, 11) is -3.72. The molecule has 29 heavy (non-hydrogen) atoms. The molecule has 0 amide bonds. The number of rotatable bonds is 6. The Balaban J connectivity index is 1.61. The molecule has 3 aromatic rings. The third kappa shape index (κ3) is 5.52. The highest BCUT2D eigenvalue weighted by atomic mass is 32.2. The molecule has 0 bridgehead atoms. The quantitative estimate of drug-likeness (QED) is 0.291. The lowest BCUT2D eigenvalue weighted by molar-refractivity contribution is 0.0734. The van der Waals surface area contributed by atoms with Crippen LogP contribution < -0.4 is 9.57 Å². The van der Waals surface area contributed by atoms with Crippen LogP contribution in [0.15, 0.2) is 82.8 Å². The Morgan fingerprint density at radius 1 is 0.931 bits per heavy atom. The summed E-state index contributed by atoms with van der Waals surface area (Å²) in [4.78, 5) is 14.5. The van der Waals surface area contributed by atoms with Gasteiger partial charge in [-0.2, -0.15) is 13.5 Å². The van der Waals surface area contributed by atoms with E-state index in [1.165, 1.54) is 18.3 Å². The number of nitrogens with zero attached hydrogens (tertiary/aromatic N) is 1. The lowest BCUT2D eigenvalue weighted by Gasteiger charge is -2.05. The second-order valence-electron chi connectivity index (χ2n) is 6.49. The highest BCUT2D eigenvalue weighted by Crippen LogP contribution is 2.15. The number of nitrogens with one attached hydrogen (secondary N) is 1. The third-order valence-corrected chi connectivity index (χ3v) is 5.30. The van der Waals surface area contributed by atoms with Crippen molar-refractivity contribution in [1.29, 1.82) is 0 Å². The molecule has 0 fully saturated rings. The summed E-state index contributed by atoms with van der Waals surface area (Å²) in [5.41, 5.74) is 3.06. The van der Waals surface area contributed by atoms with Crippen molar-refractivity contribution >= 4 is 22.2 Å². The van der Waals surface area contributed by atoms with Crippen LogP contribution in [0.1, 0.15) is 27.0 Å². The smallest absolute Gasteiger partial charge is 0.343 e. The average Bonchev–Trinajstić information content (AvgIpc) is 2.69. The molecule has 0 unspecified atom stereocenters. The van der Waals surface area contributed by atoms with Gasteiger partial charge in [0, 0.05) is 0 Å². The predicted octanol–water partition coefficient (Wildman–Crippen LogP) is 3.84. The summed E-state index contributed by atoms with van der Waals surface area (Å²) in [5, 5.41) is 3.79. The van der Waals surface area contributed by atoms with E-state index in [0.717, 1.165) is 11.1 Å². The Hall–Kier alpha value is -3.45.